The molecule has 0 aliphatic carbocycles. The standard InChI is InChI=1S/C25H24FN3O3S.C14H18N2O2/c1-27-18-5-2-15(3-6-18)25(31)29-10-8-16-12-22(24(30)28-19-9-11-32-14-19)33-23(16)20-7-4-17(26)13-21(20)29;1-11-6-12(8-17)13(15-7-11)16-9-14(10-16)2-4-18-5-3-14/h2-7,12-13,19,27H,8-11,14H2,1H3,(H,28,30);6-8H,2-5,9-10H2,1H3. The molecule has 3 saturated heterocycles. The number of aldehydes is 1. The number of thiophene rings is 1. The summed E-state index contributed by atoms with van der Waals surface area (Å²) in [6, 6.07) is 15.5. The van der Waals surface area contributed by atoms with Crippen molar-refractivity contribution in [1.29, 1.82) is 0 Å². The van der Waals surface area contributed by atoms with E-state index in [0.717, 1.165) is 84.9 Å². The molecule has 1 spiro atoms. The van der Waals surface area contributed by atoms with E-state index in [4.69, 9.17) is 9.47 Å². The summed E-state index contributed by atoms with van der Waals surface area (Å²) in [4.78, 5) is 47.1. The van der Waals surface area contributed by atoms with Crippen LogP contribution in [0.15, 0.2) is 60.8 Å². The van der Waals surface area contributed by atoms with Crippen molar-refractivity contribution in [3.63, 3.8) is 0 Å². The van der Waals surface area contributed by atoms with Crippen molar-refractivity contribution in [2.24, 2.45) is 5.41 Å². The predicted octanol–water partition coefficient (Wildman–Crippen LogP) is 6.14. The van der Waals surface area contributed by atoms with Gasteiger partial charge < -0.3 is 29.9 Å². The van der Waals surface area contributed by atoms with Gasteiger partial charge in [-0.2, -0.15) is 0 Å². The molecule has 2 N–H and O–H groups in total. The Hall–Kier alpha value is -4.65. The quantitative estimate of drug-likeness (QED) is 0.230. The molecule has 2 aromatic heterocycles. The molecular weight excluding hydrogens is 670 g/mol. The van der Waals surface area contributed by atoms with E-state index in [2.05, 4.69) is 20.5 Å². The second-order valence-electron chi connectivity index (χ2n) is 13.7. The summed E-state index contributed by atoms with van der Waals surface area (Å²) in [5, 5.41) is 6.07. The number of nitrogens with zero attached hydrogens (tertiary/aromatic N) is 3. The first-order valence-corrected chi connectivity index (χ1v) is 18.2. The molecule has 4 aliphatic heterocycles. The van der Waals surface area contributed by atoms with Gasteiger partial charge in [0.05, 0.1) is 28.8 Å². The Balaban J connectivity index is 0.000000190. The van der Waals surface area contributed by atoms with Crippen molar-refractivity contribution >= 4 is 46.6 Å². The second-order valence-corrected chi connectivity index (χ2v) is 14.8. The van der Waals surface area contributed by atoms with E-state index in [1.807, 2.05) is 44.4 Å². The van der Waals surface area contributed by atoms with Crippen molar-refractivity contribution in [2.75, 3.05) is 68.2 Å². The van der Waals surface area contributed by atoms with Gasteiger partial charge in [0.15, 0.2) is 6.29 Å². The van der Waals surface area contributed by atoms with Crippen molar-refractivity contribution in [3.8, 4) is 10.4 Å². The SMILES string of the molecule is CNc1ccc(C(=O)N2CCc3cc(C(=O)NC4CCOC4)sc3-c3ccc(F)cc32)cc1.Cc1cnc(N2CC3(CCOCC3)C2)c(C=O)c1. The number of rotatable bonds is 6. The van der Waals surface area contributed by atoms with E-state index in [9.17, 15) is 18.8 Å². The van der Waals surface area contributed by atoms with Gasteiger partial charge in [-0.25, -0.2) is 9.37 Å². The topological polar surface area (TPSA) is 113 Å². The largest absolute Gasteiger partial charge is 0.388 e. The minimum atomic E-state index is -0.406. The minimum Gasteiger partial charge on any atom is -0.388 e. The van der Waals surface area contributed by atoms with Crippen LogP contribution in [0.25, 0.3) is 10.4 Å². The highest BCUT2D eigenvalue weighted by molar-refractivity contribution is 7.17. The van der Waals surface area contributed by atoms with Crippen LogP contribution in [0.2, 0.25) is 0 Å². The Morgan fingerprint density at radius 3 is 2.53 bits per heavy atom. The van der Waals surface area contributed by atoms with Crippen LogP contribution in [0.1, 0.15) is 60.8 Å². The number of hydrogen-bond acceptors (Lipinski definition) is 9. The third-order valence-corrected chi connectivity index (χ3v) is 11.3. The number of pyridine rings is 1. The first-order chi connectivity index (χ1) is 24.8. The monoisotopic (exact) mass is 711 g/mol. The maximum atomic E-state index is 14.3. The lowest BCUT2D eigenvalue weighted by Crippen LogP contribution is -2.59. The lowest BCUT2D eigenvalue weighted by Gasteiger charge is -2.53. The van der Waals surface area contributed by atoms with Crippen LogP contribution in [0.4, 0.5) is 21.6 Å². The van der Waals surface area contributed by atoms with Crippen LogP contribution < -0.4 is 20.4 Å². The van der Waals surface area contributed by atoms with Crippen molar-refractivity contribution in [2.45, 2.75) is 38.6 Å². The fourth-order valence-corrected chi connectivity index (χ4v) is 8.40. The molecule has 12 heteroatoms. The van der Waals surface area contributed by atoms with E-state index in [-0.39, 0.29) is 17.9 Å². The number of carbonyl (C=O) groups excluding carboxylic acids is 3. The normalized spacial score (nSPS) is 18.8. The molecule has 51 heavy (non-hydrogen) atoms. The lowest BCUT2D eigenvalue weighted by atomic mass is 9.73. The summed E-state index contributed by atoms with van der Waals surface area (Å²) in [7, 11) is 1.82. The number of aromatic nitrogens is 1. The minimum absolute atomic E-state index is 0.0307. The van der Waals surface area contributed by atoms with Crippen LogP contribution in [0.5, 0.6) is 0 Å². The highest BCUT2D eigenvalue weighted by atomic mass is 32.1. The summed E-state index contributed by atoms with van der Waals surface area (Å²) in [6.45, 7) is 7.30. The van der Waals surface area contributed by atoms with Gasteiger partial charge in [-0.15, -0.1) is 11.3 Å². The van der Waals surface area contributed by atoms with Gasteiger partial charge in [0.1, 0.15) is 11.6 Å². The number of amides is 2. The fourth-order valence-electron chi connectivity index (χ4n) is 7.25. The van der Waals surface area contributed by atoms with Gasteiger partial charge in [0.25, 0.3) is 11.8 Å². The Morgan fingerprint density at radius 1 is 1.04 bits per heavy atom. The smallest absolute Gasteiger partial charge is 0.261 e. The Kier molecular flexibility index (Phi) is 10.2. The first kappa shape index (κ1) is 34.8. The highest BCUT2D eigenvalue weighted by Crippen LogP contribution is 2.43. The molecule has 1 atom stereocenters. The molecule has 10 nitrogen and oxygen atoms in total. The zero-order valence-corrected chi connectivity index (χ0v) is 29.7. The number of hydrogen-bond donors (Lipinski definition) is 2. The number of benzene rings is 2. The van der Waals surface area contributed by atoms with Gasteiger partial charge in [-0.1, -0.05) is 0 Å². The second kappa shape index (κ2) is 14.9. The Morgan fingerprint density at radius 2 is 1.82 bits per heavy atom. The first-order valence-electron chi connectivity index (χ1n) is 17.4. The summed E-state index contributed by atoms with van der Waals surface area (Å²) in [6.07, 6.45) is 6.38. The summed E-state index contributed by atoms with van der Waals surface area (Å²) in [5.41, 5.74) is 5.86. The molecule has 1 unspecified atom stereocenters. The number of carbonyl (C=O) groups is 3. The summed E-state index contributed by atoms with van der Waals surface area (Å²) in [5.74, 6) is 0.132. The maximum absolute atomic E-state index is 14.3. The predicted molar refractivity (Wildman–Crippen MR) is 197 cm³/mol. The summed E-state index contributed by atoms with van der Waals surface area (Å²) >= 11 is 1.38. The molecule has 2 amide bonds. The van der Waals surface area contributed by atoms with Gasteiger partial charge in [-0.05, 0) is 98.3 Å². The van der Waals surface area contributed by atoms with Crippen molar-refractivity contribution in [3.05, 3.63) is 93.7 Å². The molecule has 2 aromatic carbocycles. The molecule has 0 radical (unpaired) electrons. The van der Waals surface area contributed by atoms with E-state index in [1.165, 1.54) is 23.5 Å². The van der Waals surface area contributed by atoms with Crippen molar-refractivity contribution < 1.29 is 28.2 Å². The molecule has 266 valence electrons. The van der Waals surface area contributed by atoms with Gasteiger partial charge >= 0.3 is 0 Å². The fraction of sp³-hybridized carbons (Fsp3) is 0.385. The Bertz CT molecular complexity index is 1910. The maximum Gasteiger partial charge on any atom is 0.261 e. The van der Waals surface area contributed by atoms with Crippen LogP contribution in [-0.4, -0.2) is 82.2 Å². The number of halogens is 1. The lowest BCUT2D eigenvalue weighted by molar-refractivity contribution is -0.000498. The number of nitrogens with one attached hydrogen (secondary N) is 2. The van der Waals surface area contributed by atoms with Crippen LogP contribution in [0, 0.1) is 18.2 Å². The van der Waals surface area contributed by atoms with E-state index >= 15 is 0 Å². The van der Waals surface area contributed by atoms with Crippen LogP contribution in [0.3, 0.4) is 0 Å². The molecule has 3 fully saturated rings. The molecule has 4 aliphatic rings. The zero-order valence-electron chi connectivity index (χ0n) is 28.9. The third-order valence-electron chi connectivity index (χ3n) is 10.1. The molecule has 0 bridgehead atoms. The Labute approximate surface area is 301 Å². The molecule has 0 saturated carbocycles. The van der Waals surface area contributed by atoms with Gasteiger partial charge in [-0.3, -0.25) is 14.4 Å². The molecule has 6 heterocycles. The molecule has 4 aromatic rings. The average molecular weight is 712 g/mol. The van der Waals surface area contributed by atoms with Crippen LogP contribution in [-0.2, 0) is 15.9 Å². The number of anilines is 3. The molecule has 8 rings (SSSR count). The number of aryl methyl sites for hydroxylation is 1. The molecular formula is C39H42FN5O5S. The van der Waals surface area contributed by atoms with E-state index in [0.29, 0.717) is 53.3 Å². The van der Waals surface area contributed by atoms with E-state index < -0.39 is 5.82 Å². The average Bonchev–Trinajstić information content (AvgIpc) is 3.79. The zero-order chi connectivity index (χ0) is 35.5. The van der Waals surface area contributed by atoms with Gasteiger partial charge in [0.2, 0.25) is 0 Å². The van der Waals surface area contributed by atoms with Crippen molar-refractivity contribution in [1.82, 2.24) is 10.3 Å². The number of ether oxygens (including phenoxy) is 2. The third kappa shape index (κ3) is 7.40. The van der Waals surface area contributed by atoms with Crippen LogP contribution >= 0.6 is 11.3 Å². The van der Waals surface area contributed by atoms with E-state index in [1.54, 1.807) is 23.1 Å². The number of fused-ring (bicyclic) bond motifs is 3. The highest BCUT2D eigenvalue weighted by Gasteiger charge is 2.44. The summed E-state index contributed by atoms with van der Waals surface area (Å²) < 4.78 is 25.0. The van der Waals surface area contributed by atoms with Gasteiger partial charge in [0, 0.05) is 79.8 Å².